The molecule has 0 amide bonds. The summed E-state index contributed by atoms with van der Waals surface area (Å²) in [4.78, 5) is 0. The molecule has 0 aromatic carbocycles. The van der Waals surface area contributed by atoms with Crippen LogP contribution in [0, 0.1) is 0 Å². The molecule has 0 fully saturated rings. The maximum absolute atomic E-state index is 7.57. The van der Waals surface area contributed by atoms with E-state index in [0.29, 0.717) is 0 Å². The fraction of sp³-hybridized carbons (Fsp3) is 1.00. The molecule has 0 aromatic rings. The number of hydrogen-bond donors (Lipinski definition) is 1. The van der Waals surface area contributed by atoms with Gasteiger partial charge in [0.05, 0.1) is 0 Å². The number of halogens is 4. The van der Waals surface area contributed by atoms with Gasteiger partial charge in [0.2, 0.25) is 0 Å². The maximum atomic E-state index is 7.57. The molecule has 2 nitrogen and oxygen atoms in total. The van der Waals surface area contributed by atoms with Gasteiger partial charge in [0.15, 0.2) is 0 Å². The number of hydrogen-bond acceptors (Lipinski definition) is 1. The molecule has 0 aliphatic carbocycles. The van der Waals surface area contributed by atoms with Crippen LogP contribution in [0.3, 0.4) is 0 Å². The van der Waals surface area contributed by atoms with Crippen molar-refractivity contribution in [3.05, 3.63) is 0 Å². The third-order valence-corrected chi connectivity index (χ3v) is 0. The van der Waals surface area contributed by atoms with E-state index in [0.717, 1.165) is 0 Å². The summed E-state index contributed by atoms with van der Waals surface area (Å²) in [6.07, 6.45) is 0. The first-order valence-electron chi connectivity index (χ1n) is 1.78. The summed E-state index contributed by atoms with van der Waals surface area (Å²) < 4.78 is -1.61. The van der Waals surface area contributed by atoms with E-state index in [2.05, 4.69) is 0 Å². The Morgan fingerprint density at radius 1 is 1.22 bits per heavy atom. The largest absolute Gasteiger partial charge is 0.412 e. The number of aliphatic hydroxyl groups excluding tert-OH is 1. The molecule has 0 bridgehead atoms. The summed E-state index contributed by atoms with van der Waals surface area (Å²) in [7, 11) is 0. The van der Waals surface area contributed by atoms with Crippen LogP contribution in [-0.2, 0) is 0 Å². The van der Waals surface area contributed by atoms with Gasteiger partial charge in [-0.15, -0.1) is 0 Å². The SMILES string of the molecule is CCO.ClC(Cl)(Cl)Cl.O. The Balaban J connectivity index is -0.0000000800. The predicted octanol–water partition coefficient (Wildman–Crippen LogP) is 1.73. The van der Waals surface area contributed by atoms with E-state index in [1.807, 2.05) is 0 Å². The molecule has 0 radical (unpaired) electrons. The summed E-state index contributed by atoms with van der Waals surface area (Å²) in [5.41, 5.74) is 0. The Hall–Kier alpha value is 1.08. The quantitative estimate of drug-likeness (QED) is 0.618. The van der Waals surface area contributed by atoms with Crippen molar-refractivity contribution in [1.82, 2.24) is 0 Å². The van der Waals surface area contributed by atoms with Gasteiger partial charge < -0.3 is 10.6 Å². The molecule has 9 heavy (non-hydrogen) atoms. The third kappa shape index (κ3) is 390. The molecule has 0 aromatic heterocycles. The fourth-order valence-corrected chi connectivity index (χ4v) is 0. The average molecular weight is 218 g/mol. The number of rotatable bonds is 0. The van der Waals surface area contributed by atoms with Crippen LogP contribution in [0.1, 0.15) is 6.92 Å². The van der Waals surface area contributed by atoms with Gasteiger partial charge in [-0.3, -0.25) is 0 Å². The lowest BCUT2D eigenvalue weighted by atomic mass is 10.9. The first-order chi connectivity index (χ1) is 3.41. The zero-order valence-electron chi connectivity index (χ0n) is 4.67. The zero-order valence-corrected chi connectivity index (χ0v) is 7.69. The molecule has 0 atom stereocenters. The average Bonchev–Trinajstić information content (AvgIpc) is 1.27. The first-order valence-corrected chi connectivity index (χ1v) is 3.29. The summed E-state index contributed by atoms with van der Waals surface area (Å²) in [6, 6.07) is 0. The molecule has 0 rings (SSSR count). The summed E-state index contributed by atoms with van der Waals surface area (Å²) in [6.45, 7) is 1.93. The van der Waals surface area contributed by atoms with E-state index in [9.17, 15) is 0 Å². The van der Waals surface area contributed by atoms with Crippen molar-refractivity contribution in [1.29, 1.82) is 0 Å². The van der Waals surface area contributed by atoms with E-state index in [1.165, 1.54) is 0 Å². The first kappa shape index (κ1) is 16.6. The standard InChI is InChI=1S/C2H6O.CCl4.H2O/c1-2-3;2-1(3,4)5;/h3H,2H2,1H3;;1H2. The Morgan fingerprint density at radius 2 is 1.22 bits per heavy atom. The molecule has 0 aliphatic heterocycles. The highest BCUT2D eigenvalue weighted by molar-refractivity contribution is 6.83. The second-order valence-corrected chi connectivity index (χ2v) is 4.17. The molecule has 6 heteroatoms. The molecule has 60 valence electrons. The van der Waals surface area contributed by atoms with Crippen molar-refractivity contribution in [2.75, 3.05) is 6.61 Å². The van der Waals surface area contributed by atoms with Crippen LogP contribution >= 0.6 is 46.4 Å². The van der Waals surface area contributed by atoms with Crippen molar-refractivity contribution < 1.29 is 10.6 Å². The zero-order chi connectivity index (χ0) is 7.21. The van der Waals surface area contributed by atoms with E-state index in [1.54, 1.807) is 6.92 Å². The molecule has 3 N–H and O–H groups in total. The highest BCUT2D eigenvalue weighted by atomic mass is 35.6. The van der Waals surface area contributed by atoms with Crippen molar-refractivity contribution in [3.63, 3.8) is 0 Å². The van der Waals surface area contributed by atoms with E-state index >= 15 is 0 Å². The lowest BCUT2D eigenvalue weighted by Crippen LogP contribution is -1.81. The van der Waals surface area contributed by atoms with Crippen molar-refractivity contribution in [2.45, 2.75) is 10.2 Å². The van der Waals surface area contributed by atoms with E-state index in [4.69, 9.17) is 51.5 Å². The second-order valence-electron chi connectivity index (χ2n) is 0.745. The van der Waals surface area contributed by atoms with Gasteiger partial charge in [-0.1, -0.05) is 46.4 Å². The van der Waals surface area contributed by atoms with Crippen molar-refractivity contribution in [3.8, 4) is 0 Å². The predicted molar refractivity (Wildman–Crippen MR) is 42.5 cm³/mol. The molecular formula is C3H8Cl4O2. The number of aliphatic hydroxyl groups is 1. The van der Waals surface area contributed by atoms with Gasteiger partial charge >= 0.3 is 0 Å². The monoisotopic (exact) mass is 216 g/mol. The summed E-state index contributed by atoms with van der Waals surface area (Å²) >= 11 is 19.3. The smallest absolute Gasteiger partial charge is 0.266 e. The molecule has 0 heterocycles. The van der Waals surface area contributed by atoms with Crippen molar-refractivity contribution in [2.24, 2.45) is 0 Å². The molecule has 0 spiro atoms. The molecule has 0 unspecified atom stereocenters. The Kier molecular flexibility index (Phi) is 16.7. The van der Waals surface area contributed by atoms with Crippen LogP contribution in [0.2, 0.25) is 0 Å². The van der Waals surface area contributed by atoms with Gasteiger partial charge in [0, 0.05) is 6.61 Å². The minimum Gasteiger partial charge on any atom is -0.412 e. The molecule has 0 saturated carbocycles. The lowest BCUT2D eigenvalue weighted by molar-refractivity contribution is 0.318. The lowest BCUT2D eigenvalue weighted by Gasteiger charge is -1.91. The normalized spacial score (nSPS) is 8.67. The van der Waals surface area contributed by atoms with Crippen LogP contribution in [0.5, 0.6) is 0 Å². The minimum absolute atomic E-state index is 0. The van der Waals surface area contributed by atoms with Crippen LogP contribution in [0.15, 0.2) is 0 Å². The third-order valence-electron chi connectivity index (χ3n) is 0. The van der Waals surface area contributed by atoms with Gasteiger partial charge in [-0.25, -0.2) is 0 Å². The van der Waals surface area contributed by atoms with Crippen LogP contribution in [0.25, 0.3) is 0 Å². The van der Waals surface area contributed by atoms with Crippen LogP contribution < -0.4 is 0 Å². The van der Waals surface area contributed by atoms with E-state index < -0.39 is 3.25 Å². The molecule has 0 aliphatic rings. The topological polar surface area (TPSA) is 51.7 Å². The molecular weight excluding hydrogens is 210 g/mol. The van der Waals surface area contributed by atoms with E-state index in [-0.39, 0.29) is 12.1 Å². The van der Waals surface area contributed by atoms with Crippen molar-refractivity contribution >= 4 is 46.4 Å². The fourth-order valence-electron chi connectivity index (χ4n) is 0. The second kappa shape index (κ2) is 9.08. The maximum Gasteiger partial charge on any atom is 0.266 e. The van der Waals surface area contributed by atoms with Crippen LogP contribution in [-0.4, -0.2) is 20.4 Å². The Morgan fingerprint density at radius 3 is 1.22 bits per heavy atom. The Labute approximate surface area is 74.0 Å². The van der Waals surface area contributed by atoms with Gasteiger partial charge in [-0.2, -0.15) is 0 Å². The number of alkyl halides is 4. The highest BCUT2D eigenvalue weighted by Crippen LogP contribution is 2.29. The van der Waals surface area contributed by atoms with Crippen LogP contribution in [0.4, 0.5) is 0 Å². The minimum atomic E-state index is -1.61. The summed E-state index contributed by atoms with van der Waals surface area (Å²) in [5, 5.41) is 7.57. The molecule has 0 saturated heterocycles. The van der Waals surface area contributed by atoms with Gasteiger partial charge in [0.1, 0.15) is 0 Å². The van der Waals surface area contributed by atoms with Gasteiger partial charge in [0.25, 0.3) is 3.25 Å². The van der Waals surface area contributed by atoms with Gasteiger partial charge in [-0.05, 0) is 6.92 Å². The highest BCUT2D eigenvalue weighted by Gasteiger charge is 2.11. The Bertz CT molecular complexity index is 37.6. The summed E-state index contributed by atoms with van der Waals surface area (Å²) in [5.74, 6) is 0.